The first kappa shape index (κ1) is 21.5. The van der Waals surface area contributed by atoms with Crippen LogP contribution in [-0.4, -0.2) is 25.5 Å². The normalized spacial score (nSPS) is 16.0. The number of sulfonamides is 1. The molecule has 162 valence electrons. The molecule has 31 heavy (non-hydrogen) atoms. The van der Waals surface area contributed by atoms with Gasteiger partial charge in [-0.15, -0.1) is 0 Å². The van der Waals surface area contributed by atoms with Gasteiger partial charge in [0.1, 0.15) is 17.6 Å². The van der Waals surface area contributed by atoms with Gasteiger partial charge in [0.2, 0.25) is 10.0 Å². The van der Waals surface area contributed by atoms with Gasteiger partial charge in [-0.05, 0) is 35.4 Å². The monoisotopic (exact) mass is 457 g/mol. The lowest BCUT2D eigenvalue weighted by Crippen LogP contribution is -2.18. The zero-order valence-corrected chi connectivity index (χ0v) is 18.8. The molecule has 3 aromatic carbocycles. The fourth-order valence-electron chi connectivity index (χ4n) is 3.84. The van der Waals surface area contributed by atoms with Crippen LogP contribution in [0.4, 0.5) is 0 Å². The van der Waals surface area contributed by atoms with Crippen LogP contribution in [0.25, 0.3) is 11.1 Å². The zero-order valence-electron chi connectivity index (χ0n) is 17.2. The molecular formula is C23H23NO5S2. The fraction of sp³-hybridized carbons (Fsp3) is 0.217. The molecule has 0 radical (unpaired) electrons. The molecule has 0 spiro atoms. The maximum absolute atomic E-state index is 12.7. The minimum absolute atomic E-state index is 0.277. The number of ether oxygens (including phenoxy) is 2. The first-order valence-corrected chi connectivity index (χ1v) is 12.8. The number of rotatable bonds is 6. The summed E-state index contributed by atoms with van der Waals surface area (Å²) < 4.78 is 47.8. The first-order valence-electron chi connectivity index (χ1n) is 9.76. The molecule has 0 saturated carbocycles. The Balaban J connectivity index is 1.94. The lowest BCUT2D eigenvalue weighted by Gasteiger charge is -2.31. The van der Waals surface area contributed by atoms with E-state index in [9.17, 15) is 12.6 Å². The third-order valence-electron chi connectivity index (χ3n) is 5.17. The second-order valence-corrected chi connectivity index (χ2v) is 10.6. The summed E-state index contributed by atoms with van der Waals surface area (Å²) in [6, 6.07) is 18.5. The van der Waals surface area contributed by atoms with Gasteiger partial charge in [-0.1, -0.05) is 43.3 Å². The van der Waals surface area contributed by atoms with E-state index in [1.54, 1.807) is 19.2 Å². The lowest BCUT2D eigenvalue weighted by molar-refractivity contribution is 0.242. The molecule has 6 nitrogen and oxygen atoms in total. The van der Waals surface area contributed by atoms with Crippen molar-refractivity contribution < 1.29 is 22.1 Å². The highest BCUT2D eigenvalue weighted by atomic mass is 32.2. The van der Waals surface area contributed by atoms with Crippen molar-refractivity contribution >= 4 is 20.8 Å². The van der Waals surface area contributed by atoms with E-state index in [-0.39, 0.29) is 5.75 Å². The number of methoxy groups -OCH3 is 1. The fourth-order valence-corrected chi connectivity index (χ4v) is 5.47. The molecule has 2 unspecified atom stereocenters. The summed E-state index contributed by atoms with van der Waals surface area (Å²) in [6.45, 7) is 1.87. The smallest absolute Gasteiger partial charge is 0.213 e. The average molecular weight is 458 g/mol. The van der Waals surface area contributed by atoms with Gasteiger partial charge in [-0.25, -0.2) is 13.6 Å². The summed E-state index contributed by atoms with van der Waals surface area (Å²) in [7, 11) is -3.28. The predicted octanol–water partition coefficient (Wildman–Crippen LogP) is 3.76. The van der Waals surface area contributed by atoms with Crippen LogP contribution in [0.2, 0.25) is 0 Å². The largest absolute Gasteiger partial charge is 0.497 e. The second kappa shape index (κ2) is 8.45. The zero-order chi connectivity index (χ0) is 22.2. The lowest BCUT2D eigenvalue weighted by atomic mass is 9.88. The van der Waals surface area contributed by atoms with E-state index in [0.29, 0.717) is 27.7 Å². The highest BCUT2D eigenvalue weighted by Crippen LogP contribution is 2.47. The van der Waals surface area contributed by atoms with Gasteiger partial charge in [0.25, 0.3) is 0 Å². The maximum atomic E-state index is 12.7. The standard InChI is InChI=1S/C23H23NO5S2/c1-3-30(25)21-9-5-8-20-22(21)18-11-10-15(14-31(24,26)27)12-19(18)23(29-20)16-6-4-7-17(13-16)28-2/h4-13,23H,3,14H2,1-2H3,(H2,24,26,27). The van der Waals surface area contributed by atoms with Crippen LogP contribution in [0, 0.1) is 0 Å². The van der Waals surface area contributed by atoms with Crippen LogP contribution in [0.1, 0.15) is 29.7 Å². The SMILES string of the molecule is CCS(=O)c1cccc2c1-c1ccc(CS(N)(=O)=O)cc1C(c1cccc(OC)c1)O2. The predicted molar refractivity (Wildman–Crippen MR) is 121 cm³/mol. The number of nitrogens with two attached hydrogens (primary N) is 1. The van der Waals surface area contributed by atoms with Gasteiger partial charge in [-0.2, -0.15) is 0 Å². The molecule has 0 aromatic heterocycles. The molecule has 2 N–H and O–H groups in total. The summed E-state index contributed by atoms with van der Waals surface area (Å²) in [5.74, 6) is 1.53. The summed E-state index contributed by atoms with van der Waals surface area (Å²) in [5, 5.41) is 5.27. The van der Waals surface area contributed by atoms with Crippen molar-refractivity contribution in [3.05, 3.63) is 77.4 Å². The minimum atomic E-state index is -3.69. The van der Waals surface area contributed by atoms with Crippen molar-refractivity contribution in [2.45, 2.75) is 23.7 Å². The van der Waals surface area contributed by atoms with Crippen molar-refractivity contribution in [2.24, 2.45) is 5.14 Å². The van der Waals surface area contributed by atoms with Crippen molar-refractivity contribution in [3.8, 4) is 22.6 Å². The Morgan fingerprint density at radius 2 is 1.87 bits per heavy atom. The average Bonchev–Trinajstić information content (AvgIpc) is 2.76. The maximum Gasteiger partial charge on any atom is 0.213 e. The number of primary sulfonamides is 1. The molecule has 8 heteroatoms. The minimum Gasteiger partial charge on any atom is -0.497 e. The van der Waals surface area contributed by atoms with E-state index in [2.05, 4.69) is 0 Å². The van der Waals surface area contributed by atoms with E-state index in [1.807, 2.05) is 55.5 Å². The van der Waals surface area contributed by atoms with E-state index in [4.69, 9.17) is 14.6 Å². The van der Waals surface area contributed by atoms with Gasteiger partial charge in [-0.3, -0.25) is 4.21 Å². The molecule has 0 saturated heterocycles. The van der Waals surface area contributed by atoms with E-state index in [0.717, 1.165) is 22.3 Å². The first-order chi connectivity index (χ1) is 14.8. The molecule has 3 aromatic rings. The van der Waals surface area contributed by atoms with E-state index >= 15 is 0 Å². The van der Waals surface area contributed by atoms with Crippen LogP contribution in [0.15, 0.2) is 65.6 Å². The van der Waals surface area contributed by atoms with Crippen LogP contribution < -0.4 is 14.6 Å². The summed E-state index contributed by atoms with van der Waals surface area (Å²) in [6.07, 6.45) is -0.483. The Kier molecular flexibility index (Phi) is 5.88. The second-order valence-electron chi connectivity index (χ2n) is 7.27. The van der Waals surface area contributed by atoms with Gasteiger partial charge in [0, 0.05) is 22.4 Å². The number of benzene rings is 3. The Bertz CT molecular complexity index is 1270. The van der Waals surface area contributed by atoms with Gasteiger partial charge < -0.3 is 9.47 Å². The third-order valence-corrected chi connectivity index (χ3v) is 7.26. The molecular weight excluding hydrogens is 434 g/mol. The van der Waals surface area contributed by atoms with Crippen LogP contribution in [-0.2, 0) is 26.6 Å². The molecule has 1 heterocycles. The van der Waals surface area contributed by atoms with E-state index < -0.39 is 26.9 Å². The van der Waals surface area contributed by atoms with Gasteiger partial charge >= 0.3 is 0 Å². The van der Waals surface area contributed by atoms with Crippen molar-refractivity contribution in [1.29, 1.82) is 0 Å². The Morgan fingerprint density at radius 1 is 1.10 bits per heavy atom. The Hall–Kier alpha value is -2.68. The topological polar surface area (TPSA) is 95.7 Å². The Morgan fingerprint density at radius 3 is 2.58 bits per heavy atom. The van der Waals surface area contributed by atoms with Crippen molar-refractivity contribution in [2.75, 3.05) is 12.9 Å². The molecule has 0 amide bonds. The van der Waals surface area contributed by atoms with Gasteiger partial charge in [0.05, 0.1) is 28.6 Å². The highest BCUT2D eigenvalue weighted by molar-refractivity contribution is 7.88. The molecule has 1 aliphatic rings. The summed E-state index contributed by atoms with van der Waals surface area (Å²) >= 11 is 0. The molecule has 0 bridgehead atoms. The highest BCUT2D eigenvalue weighted by Gasteiger charge is 2.31. The van der Waals surface area contributed by atoms with Crippen molar-refractivity contribution in [1.82, 2.24) is 0 Å². The van der Waals surface area contributed by atoms with Gasteiger partial charge in [0.15, 0.2) is 0 Å². The van der Waals surface area contributed by atoms with Crippen LogP contribution in [0.5, 0.6) is 11.5 Å². The molecule has 2 atom stereocenters. The van der Waals surface area contributed by atoms with Crippen LogP contribution in [0.3, 0.4) is 0 Å². The Labute approximate surface area is 184 Å². The molecule has 4 rings (SSSR count). The number of fused-ring (bicyclic) bond motifs is 3. The summed E-state index contributed by atoms with van der Waals surface area (Å²) in [5.41, 5.74) is 3.86. The quantitative estimate of drug-likeness (QED) is 0.608. The van der Waals surface area contributed by atoms with Crippen molar-refractivity contribution in [3.63, 3.8) is 0 Å². The number of hydrogen-bond donors (Lipinski definition) is 1. The molecule has 0 fully saturated rings. The van der Waals surface area contributed by atoms with E-state index in [1.165, 1.54) is 0 Å². The third kappa shape index (κ3) is 4.37. The molecule has 1 aliphatic heterocycles. The molecule has 0 aliphatic carbocycles. The number of hydrogen-bond acceptors (Lipinski definition) is 5. The van der Waals surface area contributed by atoms with Crippen LogP contribution >= 0.6 is 0 Å². The summed E-state index contributed by atoms with van der Waals surface area (Å²) in [4.78, 5) is 0.699.